The van der Waals surface area contributed by atoms with Crippen molar-refractivity contribution in [3.05, 3.63) is 59.8 Å². The first-order valence-corrected chi connectivity index (χ1v) is 7.78. The Balaban J connectivity index is 1.44. The number of nitrogens with zero attached hydrogens (tertiary/aromatic N) is 1. The van der Waals surface area contributed by atoms with Crippen molar-refractivity contribution in [2.24, 2.45) is 0 Å². The first kappa shape index (κ1) is 14.8. The average molecular weight is 301 g/mol. The molecule has 22 heavy (non-hydrogen) atoms. The number of hydrogen-bond acceptors (Lipinski definition) is 2. The summed E-state index contributed by atoms with van der Waals surface area (Å²) in [6.07, 6.45) is 4.80. The topological polar surface area (TPSA) is 33.5 Å². The number of amides is 1. The largest absolute Gasteiger partial charge is 0.469 e. The van der Waals surface area contributed by atoms with Gasteiger partial charge in [-0.1, -0.05) is 12.1 Å². The van der Waals surface area contributed by atoms with Gasteiger partial charge in [0.25, 0.3) is 0 Å². The lowest BCUT2D eigenvalue weighted by Crippen LogP contribution is -2.28. The van der Waals surface area contributed by atoms with Crippen LogP contribution < -0.4 is 0 Å². The summed E-state index contributed by atoms with van der Waals surface area (Å²) in [7, 11) is 0. The van der Waals surface area contributed by atoms with E-state index < -0.39 is 0 Å². The third-order valence-electron chi connectivity index (χ3n) is 4.26. The highest BCUT2D eigenvalue weighted by molar-refractivity contribution is 5.76. The van der Waals surface area contributed by atoms with Gasteiger partial charge in [0.15, 0.2) is 0 Å². The second-order valence-corrected chi connectivity index (χ2v) is 5.82. The molecule has 0 spiro atoms. The number of benzene rings is 1. The van der Waals surface area contributed by atoms with Gasteiger partial charge >= 0.3 is 0 Å². The highest BCUT2D eigenvalue weighted by Crippen LogP contribution is 2.27. The summed E-state index contributed by atoms with van der Waals surface area (Å²) >= 11 is 0. The zero-order valence-corrected chi connectivity index (χ0v) is 12.5. The van der Waals surface area contributed by atoms with Crippen LogP contribution in [0.4, 0.5) is 4.39 Å². The number of halogens is 1. The Hall–Kier alpha value is -2.10. The van der Waals surface area contributed by atoms with Gasteiger partial charge in [0.1, 0.15) is 11.6 Å². The fraction of sp³-hybridized carbons (Fsp3) is 0.389. The minimum absolute atomic E-state index is 0.205. The summed E-state index contributed by atoms with van der Waals surface area (Å²) in [5.41, 5.74) is 1.07. The molecule has 1 aliphatic heterocycles. The number of likely N-dealkylation sites (tertiary alicyclic amines) is 1. The van der Waals surface area contributed by atoms with Gasteiger partial charge in [0.2, 0.25) is 5.91 Å². The maximum atomic E-state index is 12.8. The number of hydrogen-bond donors (Lipinski definition) is 0. The van der Waals surface area contributed by atoms with Gasteiger partial charge in [-0.2, -0.15) is 0 Å². The van der Waals surface area contributed by atoms with Gasteiger partial charge in [0, 0.05) is 25.4 Å². The van der Waals surface area contributed by atoms with Crippen LogP contribution in [0.2, 0.25) is 0 Å². The predicted molar refractivity (Wildman–Crippen MR) is 82.0 cm³/mol. The highest BCUT2D eigenvalue weighted by Gasteiger charge is 2.28. The maximum Gasteiger partial charge on any atom is 0.222 e. The van der Waals surface area contributed by atoms with Crippen LogP contribution in [0, 0.1) is 5.82 Å². The zero-order valence-electron chi connectivity index (χ0n) is 12.5. The Bertz CT molecular complexity index is 607. The molecular formula is C18H20FNO2. The maximum absolute atomic E-state index is 12.8. The van der Waals surface area contributed by atoms with Crippen LogP contribution >= 0.6 is 0 Å². The van der Waals surface area contributed by atoms with Crippen LogP contribution in [0.1, 0.15) is 36.5 Å². The van der Waals surface area contributed by atoms with Gasteiger partial charge in [-0.05, 0) is 49.1 Å². The van der Waals surface area contributed by atoms with Crippen molar-refractivity contribution >= 4 is 5.91 Å². The van der Waals surface area contributed by atoms with Crippen LogP contribution in [-0.4, -0.2) is 23.9 Å². The molecule has 116 valence electrons. The van der Waals surface area contributed by atoms with Crippen molar-refractivity contribution in [3.8, 4) is 0 Å². The SMILES string of the molecule is O=C(CCCc1ccc(F)cc1)N1CCC(c2ccco2)C1. The molecule has 0 N–H and O–H groups in total. The van der Waals surface area contributed by atoms with Crippen molar-refractivity contribution in [1.82, 2.24) is 4.90 Å². The third-order valence-corrected chi connectivity index (χ3v) is 4.26. The molecule has 1 unspecified atom stereocenters. The van der Waals surface area contributed by atoms with Gasteiger partial charge in [-0.3, -0.25) is 4.79 Å². The van der Waals surface area contributed by atoms with E-state index in [4.69, 9.17) is 4.42 Å². The van der Waals surface area contributed by atoms with Crippen LogP contribution in [0.5, 0.6) is 0 Å². The minimum Gasteiger partial charge on any atom is -0.469 e. The van der Waals surface area contributed by atoms with Crippen LogP contribution in [0.25, 0.3) is 0 Å². The molecule has 2 aromatic rings. The first-order valence-electron chi connectivity index (χ1n) is 7.78. The Morgan fingerprint density at radius 2 is 2.09 bits per heavy atom. The Kier molecular flexibility index (Phi) is 4.56. The Morgan fingerprint density at radius 3 is 2.82 bits per heavy atom. The molecule has 3 rings (SSSR count). The van der Waals surface area contributed by atoms with Crippen LogP contribution in [-0.2, 0) is 11.2 Å². The smallest absolute Gasteiger partial charge is 0.222 e. The molecule has 1 saturated heterocycles. The summed E-state index contributed by atoms with van der Waals surface area (Å²) in [6.45, 7) is 1.56. The van der Waals surface area contributed by atoms with Gasteiger partial charge < -0.3 is 9.32 Å². The van der Waals surface area contributed by atoms with Crippen molar-refractivity contribution < 1.29 is 13.6 Å². The molecule has 1 aromatic heterocycles. The predicted octanol–water partition coefficient (Wildman–Crippen LogP) is 3.76. The molecule has 1 atom stereocenters. The molecule has 4 heteroatoms. The van der Waals surface area contributed by atoms with Crippen LogP contribution in [0.15, 0.2) is 47.1 Å². The second-order valence-electron chi connectivity index (χ2n) is 5.82. The third kappa shape index (κ3) is 3.56. The lowest BCUT2D eigenvalue weighted by molar-refractivity contribution is -0.130. The average Bonchev–Trinajstić information content (AvgIpc) is 3.20. The lowest BCUT2D eigenvalue weighted by Gasteiger charge is -2.16. The molecule has 0 saturated carbocycles. The summed E-state index contributed by atoms with van der Waals surface area (Å²) in [6, 6.07) is 10.4. The number of carbonyl (C=O) groups excluding carboxylic acids is 1. The molecule has 1 amide bonds. The zero-order chi connectivity index (χ0) is 15.4. The van der Waals surface area contributed by atoms with E-state index in [1.54, 1.807) is 18.4 Å². The molecule has 1 aliphatic rings. The summed E-state index contributed by atoms with van der Waals surface area (Å²) in [5.74, 6) is 1.29. The molecular weight excluding hydrogens is 281 g/mol. The fourth-order valence-electron chi connectivity index (χ4n) is 3.00. The number of furan rings is 1. The normalized spacial score (nSPS) is 17.9. The molecule has 0 aliphatic carbocycles. The van der Waals surface area contributed by atoms with E-state index in [0.29, 0.717) is 12.3 Å². The standard InChI is InChI=1S/C18H20FNO2/c19-16-8-6-14(7-9-16)3-1-5-18(21)20-11-10-15(13-20)17-4-2-12-22-17/h2,4,6-9,12,15H,1,3,5,10-11,13H2. The van der Waals surface area contributed by atoms with E-state index in [-0.39, 0.29) is 11.7 Å². The summed E-state index contributed by atoms with van der Waals surface area (Å²) in [4.78, 5) is 14.2. The van der Waals surface area contributed by atoms with Crippen LogP contribution in [0.3, 0.4) is 0 Å². The van der Waals surface area contributed by atoms with Crippen molar-refractivity contribution in [2.75, 3.05) is 13.1 Å². The summed E-state index contributed by atoms with van der Waals surface area (Å²) < 4.78 is 18.3. The highest BCUT2D eigenvalue weighted by atomic mass is 19.1. The first-order chi connectivity index (χ1) is 10.7. The second kappa shape index (κ2) is 6.77. The quantitative estimate of drug-likeness (QED) is 0.842. The Labute approximate surface area is 129 Å². The monoisotopic (exact) mass is 301 g/mol. The van der Waals surface area contributed by atoms with E-state index in [1.807, 2.05) is 17.0 Å². The van der Waals surface area contributed by atoms with Crippen molar-refractivity contribution in [3.63, 3.8) is 0 Å². The van der Waals surface area contributed by atoms with Gasteiger partial charge in [0.05, 0.1) is 6.26 Å². The van der Waals surface area contributed by atoms with Gasteiger partial charge in [-0.15, -0.1) is 0 Å². The number of carbonyl (C=O) groups is 1. The molecule has 0 bridgehead atoms. The van der Waals surface area contributed by atoms with E-state index in [9.17, 15) is 9.18 Å². The van der Waals surface area contributed by atoms with Crippen molar-refractivity contribution in [1.29, 1.82) is 0 Å². The van der Waals surface area contributed by atoms with E-state index >= 15 is 0 Å². The molecule has 1 fully saturated rings. The van der Waals surface area contributed by atoms with Gasteiger partial charge in [-0.25, -0.2) is 4.39 Å². The van der Waals surface area contributed by atoms with Crippen molar-refractivity contribution in [2.45, 2.75) is 31.6 Å². The number of rotatable bonds is 5. The molecule has 2 heterocycles. The van der Waals surface area contributed by atoms with E-state index in [2.05, 4.69) is 0 Å². The van der Waals surface area contributed by atoms with E-state index in [0.717, 1.165) is 43.7 Å². The minimum atomic E-state index is -0.221. The number of aryl methyl sites for hydroxylation is 1. The summed E-state index contributed by atoms with van der Waals surface area (Å²) in [5, 5.41) is 0. The molecule has 3 nitrogen and oxygen atoms in total. The molecule has 1 aromatic carbocycles. The fourth-order valence-corrected chi connectivity index (χ4v) is 3.00. The van der Waals surface area contributed by atoms with E-state index in [1.165, 1.54) is 12.1 Å². The lowest BCUT2D eigenvalue weighted by atomic mass is 10.1. The molecule has 0 radical (unpaired) electrons. The Morgan fingerprint density at radius 1 is 1.27 bits per heavy atom.